The SMILES string of the molecule is NC(=O)C(O)CNC(=O)C1=COCCO1. The molecule has 1 aliphatic heterocycles. The van der Waals surface area contributed by atoms with Gasteiger partial charge < -0.3 is 25.6 Å². The molecular weight excluding hydrogens is 204 g/mol. The molecule has 1 aliphatic rings. The Morgan fingerprint density at radius 3 is 2.87 bits per heavy atom. The van der Waals surface area contributed by atoms with Gasteiger partial charge in [0, 0.05) is 0 Å². The second-order valence-electron chi connectivity index (χ2n) is 2.83. The number of nitrogens with one attached hydrogen (secondary N) is 1. The van der Waals surface area contributed by atoms with Crippen molar-refractivity contribution in [2.75, 3.05) is 19.8 Å². The Bertz CT molecular complexity index is 289. The van der Waals surface area contributed by atoms with Crippen LogP contribution in [0.4, 0.5) is 0 Å². The predicted molar refractivity (Wildman–Crippen MR) is 48.2 cm³/mol. The Hall–Kier alpha value is -1.76. The van der Waals surface area contributed by atoms with E-state index in [-0.39, 0.29) is 18.9 Å². The minimum absolute atomic E-state index is 0.0120. The molecule has 0 aromatic heterocycles. The van der Waals surface area contributed by atoms with Gasteiger partial charge in [-0.25, -0.2) is 0 Å². The van der Waals surface area contributed by atoms with Crippen LogP contribution < -0.4 is 11.1 Å². The summed E-state index contributed by atoms with van der Waals surface area (Å²) in [6.07, 6.45) is -0.228. The monoisotopic (exact) mass is 216 g/mol. The van der Waals surface area contributed by atoms with E-state index in [2.05, 4.69) is 5.32 Å². The van der Waals surface area contributed by atoms with Gasteiger partial charge in [0.15, 0.2) is 0 Å². The lowest BCUT2D eigenvalue weighted by molar-refractivity contribution is -0.127. The van der Waals surface area contributed by atoms with Gasteiger partial charge >= 0.3 is 0 Å². The first kappa shape index (κ1) is 11.3. The molecule has 1 rings (SSSR count). The Labute approximate surface area is 85.8 Å². The van der Waals surface area contributed by atoms with Crippen LogP contribution >= 0.6 is 0 Å². The Kier molecular flexibility index (Phi) is 3.92. The maximum absolute atomic E-state index is 11.3. The van der Waals surface area contributed by atoms with Crippen LogP contribution in [0.3, 0.4) is 0 Å². The third kappa shape index (κ3) is 3.47. The second-order valence-corrected chi connectivity index (χ2v) is 2.83. The molecule has 0 fully saturated rings. The standard InChI is InChI=1S/C8H12N2O5/c9-7(12)5(11)3-10-8(13)6-4-14-1-2-15-6/h4-5,11H,1-3H2,(H2,9,12)(H,10,13). The summed E-state index contributed by atoms with van der Waals surface area (Å²) in [6.45, 7) is 0.424. The third-order valence-corrected chi connectivity index (χ3v) is 1.66. The fourth-order valence-corrected chi connectivity index (χ4v) is 0.865. The van der Waals surface area contributed by atoms with Gasteiger partial charge in [0.1, 0.15) is 25.6 Å². The van der Waals surface area contributed by atoms with E-state index in [1.165, 1.54) is 6.26 Å². The van der Waals surface area contributed by atoms with Crippen molar-refractivity contribution in [1.82, 2.24) is 5.32 Å². The molecule has 84 valence electrons. The van der Waals surface area contributed by atoms with Gasteiger partial charge in [-0.05, 0) is 0 Å². The number of hydrogen-bond acceptors (Lipinski definition) is 5. The number of ether oxygens (including phenoxy) is 2. The Morgan fingerprint density at radius 2 is 2.33 bits per heavy atom. The number of amides is 2. The maximum Gasteiger partial charge on any atom is 0.289 e. The summed E-state index contributed by atoms with van der Waals surface area (Å²) in [5.41, 5.74) is 4.79. The van der Waals surface area contributed by atoms with Crippen molar-refractivity contribution in [2.45, 2.75) is 6.10 Å². The van der Waals surface area contributed by atoms with Crippen molar-refractivity contribution in [2.24, 2.45) is 5.73 Å². The van der Waals surface area contributed by atoms with Crippen molar-refractivity contribution < 1.29 is 24.2 Å². The summed E-state index contributed by atoms with van der Waals surface area (Å²) in [5, 5.41) is 11.3. The zero-order valence-electron chi connectivity index (χ0n) is 7.93. The molecule has 4 N–H and O–H groups in total. The molecule has 0 aromatic carbocycles. The van der Waals surface area contributed by atoms with Crippen LogP contribution in [0.25, 0.3) is 0 Å². The van der Waals surface area contributed by atoms with Gasteiger partial charge in [0.2, 0.25) is 11.7 Å². The van der Waals surface area contributed by atoms with Crippen LogP contribution in [-0.4, -0.2) is 42.8 Å². The number of rotatable bonds is 4. The van der Waals surface area contributed by atoms with E-state index in [4.69, 9.17) is 20.3 Å². The van der Waals surface area contributed by atoms with Gasteiger partial charge in [0.25, 0.3) is 5.91 Å². The second kappa shape index (κ2) is 5.20. The summed E-state index contributed by atoms with van der Waals surface area (Å²) in [4.78, 5) is 21.7. The zero-order chi connectivity index (χ0) is 11.3. The number of carbonyl (C=O) groups is 2. The summed E-state index contributed by atoms with van der Waals surface area (Å²) < 4.78 is 9.81. The number of carbonyl (C=O) groups excluding carboxylic acids is 2. The number of nitrogens with two attached hydrogens (primary N) is 1. The maximum atomic E-state index is 11.3. The van der Waals surface area contributed by atoms with Crippen molar-refractivity contribution in [1.29, 1.82) is 0 Å². The molecule has 7 nitrogen and oxygen atoms in total. The molecule has 0 saturated heterocycles. The minimum Gasteiger partial charge on any atom is -0.494 e. The highest BCUT2D eigenvalue weighted by atomic mass is 16.6. The Morgan fingerprint density at radius 1 is 1.60 bits per heavy atom. The van der Waals surface area contributed by atoms with Gasteiger partial charge in [-0.1, -0.05) is 0 Å². The molecule has 0 aromatic rings. The molecule has 15 heavy (non-hydrogen) atoms. The first-order chi connectivity index (χ1) is 7.11. The normalized spacial score (nSPS) is 16.7. The lowest BCUT2D eigenvalue weighted by Crippen LogP contribution is -2.41. The van der Waals surface area contributed by atoms with Gasteiger partial charge in [0.05, 0.1) is 6.54 Å². The number of primary amides is 1. The van der Waals surface area contributed by atoms with Crippen LogP contribution in [0.15, 0.2) is 12.0 Å². The van der Waals surface area contributed by atoms with Crippen LogP contribution in [0, 0.1) is 0 Å². The average molecular weight is 216 g/mol. The summed E-state index contributed by atoms with van der Waals surface area (Å²) in [6, 6.07) is 0. The lowest BCUT2D eigenvalue weighted by Gasteiger charge is -2.15. The highest BCUT2D eigenvalue weighted by molar-refractivity contribution is 5.91. The van der Waals surface area contributed by atoms with E-state index >= 15 is 0 Å². The predicted octanol–water partition coefficient (Wildman–Crippen LogP) is -2.16. The highest BCUT2D eigenvalue weighted by Gasteiger charge is 2.17. The van der Waals surface area contributed by atoms with Crippen LogP contribution in [-0.2, 0) is 19.1 Å². The van der Waals surface area contributed by atoms with E-state index in [9.17, 15) is 9.59 Å². The smallest absolute Gasteiger partial charge is 0.289 e. The average Bonchev–Trinajstić information content (AvgIpc) is 2.26. The van der Waals surface area contributed by atoms with Crippen molar-refractivity contribution >= 4 is 11.8 Å². The lowest BCUT2D eigenvalue weighted by atomic mass is 10.3. The molecule has 0 radical (unpaired) electrons. The van der Waals surface area contributed by atoms with Gasteiger partial charge in [-0.15, -0.1) is 0 Å². The topological polar surface area (TPSA) is 111 Å². The third-order valence-electron chi connectivity index (χ3n) is 1.66. The fourth-order valence-electron chi connectivity index (χ4n) is 0.865. The van der Waals surface area contributed by atoms with Crippen molar-refractivity contribution in [3.8, 4) is 0 Å². The number of hydrogen-bond donors (Lipinski definition) is 3. The van der Waals surface area contributed by atoms with E-state index in [0.29, 0.717) is 6.61 Å². The van der Waals surface area contributed by atoms with Crippen LogP contribution in [0.2, 0.25) is 0 Å². The van der Waals surface area contributed by atoms with Crippen LogP contribution in [0.5, 0.6) is 0 Å². The molecule has 7 heteroatoms. The van der Waals surface area contributed by atoms with E-state index in [0.717, 1.165) is 0 Å². The molecule has 1 atom stereocenters. The minimum atomic E-state index is -1.40. The zero-order valence-corrected chi connectivity index (χ0v) is 7.93. The molecule has 0 spiro atoms. The van der Waals surface area contributed by atoms with Crippen molar-refractivity contribution in [3.05, 3.63) is 12.0 Å². The van der Waals surface area contributed by atoms with Crippen molar-refractivity contribution in [3.63, 3.8) is 0 Å². The number of aliphatic hydroxyl groups is 1. The molecule has 0 bridgehead atoms. The van der Waals surface area contributed by atoms with E-state index in [1.807, 2.05) is 0 Å². The first-order valence-electron chi connectivity index (χ1n) is 4.31. The van der Waals surface area contributed by atoms with Crippen LogP contribution in [0.1, 0.15) is 0 Å². The summed E-state index contributed by atoms with van der Waals surface area (Å²) >= 11 is 0. The highest BCUT2D eigenvalue weighted by Crippen LogP contribution is 2.03. The fraction of sp³-hybridized carbons (Fsp3) is 0.500. The summed E-state index contributed by atoms with van der Waals surface area (Å²) in [5.74, 6) is -1.45. The number of aliphatic hydroxyl groups excluding tert-OH is 1. The Balaban J connectivity index is 2.35. The molecule has 1 heterocycles. The molecule has 0 saturated carbocycles. The first-order valence-corrected chi connectivity index (χ1v) is 4.31. The van der Waals surface area contributed by atoms with Gasteiger partial charge in [-0.2, -0.15) is 0 Å². The quantitative estimate of drug-likeness (QED) is 0.495. The molecule has 0 aliphatic carbocycles. The molecule has 1 unspecified atom stereocenters. The summed E-state index contributed by atoms with van der Waals surface area (Å²) in [7, 11) is 0. The van der Waals surface area contributed by atoms with Gasteiger partial charge in [-0.3, -0.25) is 9.59 Å². The van der Waals surface area contributed by atoms with E-state index in [1.54, 1.807) is 0 Å². The molecule has 2 amide bonds. The molecular formula is C8H12N2O5. The largest absolute Gasteiger partial charge is 0.494 e. The van der Waals surface area contributed by atoms with E-state index < -0.39 is 17.9 Å².